The zero-order valence-electron chi connectivity index (χ0n) is 12.0. The maximum absolute atomic E-state index is 12.2. The van der Waals surface area contributed by atoms with E-state index < -0.39 is 0 Å². The summed E-state index contributed by atoms with van der Waals surface area (Å²) in [5.74, 6) is 0.868. The van der Waals surface area contributed by atoms with Crippen LogP contribution < -0.4 is 9.47 Å². The van der Waals surface area contributed by atoms with Crippen molar-refractivity contribution in [3.63, 3.8) is 0 Å². The van der Waals surface area contributed by atoms with Crippen molar-refractivity contribution in [1.82, 2.24) is 4.98 Å². The highest BCUT2D eigenvalue weighted by molar-refractivity contribution is 6.33. The lowest BCUT2D eigenvalue weighted by molar-refractivity contribution is 0.104. The molecule has 0 bridgehead atoms. The summed E-state index contributed by atoms with van der Waals surface area (Å²) in [6, 6.07) is 8.25. The van der Waals surface area contributed by atoms with Crippen LogP contribution in [0.1, 0.15) is 15.9 Å². The second kappa shape index (κ2) is 7.29. The molecule has 4 nitrogen and oxygen atoms in total. The van der Waals surface area contributed by atoms with Crippen LogP contribution in [0, 0.1) is 0 Å². The molecule has 0 unspecified atom stereocenters. The van der Waals surface area contributed by atoms with Gasteiger partial charge < -0.3 is 9.47 Å². The number of carbonyl (C=O) groups excluding carboxylic acids is 1. The summed E-state index contributed by atoms with van der Waals surface area (Å²) >= 11 is 11.7. The minimum absolute atomic E-state index is 0.188. The zero-order chi connectivity index (χ0) is 16.1. The molecule has 0 aliphatic carbocycles. The lowest BCUT2D eigenvalue weighted by Crippen LogP contribution is -1.97. The molecule has 0 saturated carbocycles. The molecule has 1 heterocycles. The van der Waals surface area contributed by atoms with Crippen LogP contribution in [0.4, 0.5) is 0 Å². The highest BCUT2D eigenvalue weighted by Crippen LogP contribution is 2.28. The summed E-state index contributed by atoms with van der Waals surface area (Å²) in [5, 5.41) is 0.539. The summed E-state index contributed by atoms with van der Waals surface area (Å²) < 4.78 is 10.3. The van der Waals surface area contributed by atoms with Gasteiger partial charge in [0.15, 0.2) is 17.3 Å². The van der Waals surface area contributed by atoms with E-state index in [1.807, 2.05) is 0 Å². The number of hydrogen-bond donors (Lipinski definition) is 0. The van der Waals surface area contributed by atoms with E-state index >= 15 is 0 Å². The summed E-state index contributed by atoms with van der Waals surface area (Å²) in [6.07, 6.45) is 3.00. The molecule has 6 heteroatoms. The third-order valence-electron chi connectivity index (χ3n) is 2.93. The Morgan fingerprint density at radius 1 is 1.09 bits per heavy atom. The molecule has 2 rings (SSSR count). The van der Waals surface area contributed by atoms with Crippen LogP contribution >= 0.6 is 23.2 Å². The summed E-state index contributed by atoms with van der Waals surface area (Å²) in [7, 11) is 3.05. The second-order valence-electron chi connectivity index (χ2n) is 4.28. The number of carbonyl (C=O) groups is 1. The standard InChI is InChI=1S/C16H13Cl2NO3/c1-21-13-7-4-11(9-14(13)22-2)12(20)6-3-10-5-8-15(17)19-16(10)18/h3-9H,1-2H3. The molecule has 114 valence electrons. The van der Waals surface area contributed by atoms with Crippen molar-refractivity contribution in [2.45, 2.75) is 0 Å². The van der Waals surface area contributed by atoms with E-state index in [1.54, 1.807) is 36.4 Å². The Hall–Kier alpha value is -2.04. The van der Waals surface area contributed by atoms with Crippen LogP contribution in [0.25, 0.3) is 6.08 Å². The molecular weight excluding hydrogens is 325 g/mol. The largest absolute Gasteiger partial charge is 0.493 e. The van der Waals surface area contributed by atoms with E-state index in [1.165, 1.54) is 20.3 Å². The third-order valence-corrected chi connectivity index (χ3v) is 3.44. The van der Waals surface area contributed by atoms with Crippen molar-refractivity contribution >= 4 is 35.1 Å². The Morgan fingerprint density at radius 3 is 2.45 bits per heavy atom. The van der Waals surface area contributed by atoms with Crippen LogP contribution in [-0.4, -0.2) is 25.0 Å². The maximum atomic E-state index is 12.2. The van der Waals surface area contributed by atoms with Gasteiger partial charge in [-0.15, -0.1) is 0 Å². The van der Waals surface area contributed by atoms with Gasteiger partial charge in [-0.1, -0.05) is 23.2 Å². The smallest absolute Gasteiger partial charge is 0.185 e. The Bertz CT molecular complexity index is 729. The van der Waals surface area contributed by atoms with Crippen LogP contribution in [-0.2, 0) is 0 Å². The van der Waals surface area contributed by atoms with Crippen molar-refractivity contribution in [1.29, 1.82) is 0 Å². The van der Waals surface area contributed by atoms with Crippen molar-refractivity contribution < 1.29 is 14.3 Å². The fraction of sp³-hybridized carbons (Fsp3) is 0.125. The first-order chi connectivity index (χ1) is 10.5. The van der Waals surface area contributed by atoms with E-state index in [4.69, 9.17) is 32.7 Å². The molecule has 0 spiro atoms. The Balaban J connectivity index is 2.23. The number of ether oxygens (including phenoxy) is 2. The number of pyridine rings is 1. The second-order valence-corrected chi connectivity index (χ2v) is 5.03. The number of aromatic nitrogens is 1. The average molecular weight is 338 g/mol. The monoisotopic (exact) mass is 337 g/mol. The fourth-order valence-corrected chi connectivity index (χ4v) is 2.21. The zero-order valence-corrected chi connectivity index (χ0v) is 13.5. The number of allylic oxidation sites excluding steroid dienone is 1. The van der Waals surface area contributed by atoms with E-state index in [9.17, 15) is 4.79 Å². The van der Waals surface area contributed by atoms with Gasteiger partial charge in [-0.2, -0.15) is 0 Å². The van der Waals surface area contributed by atoms with Crippen molar-refractivity contribution in [3.05, 3.63) is 57.8 Å². The number of ketones is 1. The van der Waals surface area contributed by atoms with Gasteiger partial charge in [0.25, 0.3) is 0 Å². The summed E-state index contributed by atoms with van der Waals surface area (Å²) in [4.78, 5) is 16.1. The molecule has 22 heavy (non-hydrogen) atoms. The molecule has 1 aromatic heterocycles. The molecule has 1 aromatic carbocycles. The van der Waals surface area contributed by atoms with Gasteiger partial charge in [0.05, 0.1) is 14.2 Å². The number of halogens is 2. The van der Waals surface area contributed by atoms with Crippen LogP contribution in [0.3, 0.4) is 0 Å². The minimum Gasteiger partial charge on any atom is -0.493 e. The molecule has 0 N–H and O–H groups in total. The van der Waals surface area contributed by atoms with Gasteiger partial charge in [-0.05, 0) is 42.5 Å². The van der Waals surface area contributed by atoms with Gasteiger partial charge in [0.2, 0.25) is 0 Å². The molecular formula is C16H13Cl2NO3. The normalized spacial score (nSPS) is 10.7. The predicted molar refractivity (Wildman–Crippen MR) is 87.2 cm³/mol. The first-order valence-electron chi connectivity index (χ1n) is 6.31. The highest BCUT2D eigenvalue weighted by Gasteiger charge is 2.09. The predicted octanol–water partition coefficient (Wildman–Crippen LogP) is 4.30. The molecule has 0 saturated heterocycles. The van der Waals surface area contributed by atoms with Crippen LogP contribution in [0.5, 0.6) is 11.5 Å². The van der Waals surface area contributed by atoms with Gasteiger partial charge in [-0.3, -0.25) is 4.79 Å². The van der Waals surface area contributed by atoms with E-state index in [2.05, 4.69) is 4.98 Å². The number of rotatable bonds is 5. The minimum atomic E-state index is -0.188. The Morgan fingerprint density at radius 2 is 1.82 bits per heavy atom. The quantitative estimate of drug-likeness (QED) is 0.463. The van der Waals surface area contributed by atoms with Gasteiger partial charge in [0.1, 0.15) is 10.3 Å². The van der Waals surface area contributed by atoms with Crippen LogP contribution in [0.2, 0.25) is 10.3 Å². The van der Waals surface area contributed by atoms with E-state index in [0.717, 1.165) is 0 Å². The molecule has 0 radical (unpaired) electrons. The third kappa shape index (κ3) is 3.78. The fourth-order valence-electron chi connectivity index (χ4n) is 1.80. The lowest BCUT2D eigenvalue weighted by Gasteiger charge is -2.08. The van der Waals surface area contributed by atoms with E-state index in [0.29, 0.717) is 27.8 Å². The summed E-state index contributed by atoms with van der Waals surface area (Å²) in [5.41, 5.74) is 1.09. The van der Waals surface area contributed by atoms with Crippen molar-refractivity contribution in [3.8, 4) is 11.5 Å². The number of hydrogen-bond acceptors (Lipinski definition) is 4. The maximum Gasteiger partial charge on any atom is 0.185 e. The first-order valence-corrected chi connectivity index (χ1v) is 7.07. The lowest BCUT2D eigenvalue weighted by atomic mass is 10.1. The summed E-state index contributed by atoms with van der Waals surface area (Å²) in [6.45, 7) is 0. The number of nitrogens with zero attached hydrogens (tertiary/aromatic N) is 1. The van der Waals surface area contributed by atoms with Crippen LogP contribution in [0.15, 0.2) is 36.4 Å². The van der Waals surface area contributed by atoms with Crippen molar-refractivity contribution in [2.75, 3.05) is 14.2 Å². The topological polar surface area (TPSA) is 48.4 Å². The molecule has 0 amide bonds. The van der Waals surface area contributed by atoms with Gasteiger partial charge in [0, 0.05) is 11.1 Å². The molecule has 0 atom stereocenters. The van der Waals surface area contributed by atoms with Crippen molar-refractivity contribution in [2.24, 2.45) is 0 Å². The number of methoxy groups -OCH3 is 2. The van der Waals surface area contributed by atoms with Gasteiger partial charge in [-0.25, -0.2) is 4.98 Å². The van der Waals surface area contributed by atoms with Gasteiger partial charge >= 0.3 is 0 Å². The molecule has 0 aliphatic rings. The molecule has 0 fully saturated rings. The SMILES string of the molecule is COc1ccc(C(=O)C=Cc2ccc(Cl)nc2Cl)cc1OC. The molecule has 2 aromatic rings. The highest BCUT2D eigenvalue weighted by atomic mass is 35.5. The first kappa shape index (κ1) is 16.3. The average Bonchev–Trinajstić information content (AvgIpc) is 2.53. The van der Waals surface area contributed by atoms with E-state index in [-0.39, 0.29) is 10.9 Å². The Kier molecular flexibility index (Phi) is 5.41. The Labute approximate surface area is 138 Å². The molecule has 0 aliphatic heterocycles. The number of benzene rings is 1.